The van der Waals surface area contributed by atoms with Crippen LogP contribution in [0.2, 0.25) is 0 Å². The molecule has 2 rings (SSSR count). The Labute approximate surface area is 106 Å². The van der Waals surface area contributed by atoms with Crippen LogP contribution in [0.1, 0.15) is 43.9 Å². The van der Waals surface area contributed by atoms with Gasteiger partial charge in [-0.15, -0.1) is 0 Å². The molecule has 0 spiro atoms. The fraction of sp³-hybridized carbons (Fsp3) is 0.625. The molecule has 17 heavy (non-hydrogen) atoms. The molecule has 1 aromatic rings. The Bertz CT molecular complexity index is 381. The van der Waals surface area contributed by atoms with Crippen LogP contribution in [0.5, 0.6) is 0 Å². The van der Waals surface area contributed by atoms with Gasteiger partial charge in [0.1, 0.15) is 0 Å². The van der Waals surface area contributed by atoms with Crippen LogP contribution in [0.4, 0.5) is 0 Å². The van der Waals surface area contributed by atoms with Crippen molar-refractivity contribution < 1.29 is 0 Å². The Balaban J connectivity index is 2.14. The zero-order chi connectivity index (χ0) is 12.4. The fourth-order valence-electron chi connectivity index (χ4n) is 2.78. The van der Waals surface area contributed by atoms with E-state index in [1.165, 1.54) is 24.8 Å². The zero-order valence-electron chi connectivity index (χ0n) is 11.7. The molecular weight excluding hydrogens is 206 g/mol. The van der Waals surface area contributed by atoms with Crippen LogP contribution >= 0.6 is 0 Å². The lowest BCUT2D eigenvalue weighted by Crippen LogP contribution is -2.40. The molecule has 0 N–H and O–H groups in total. The number of hydrogen-bond donors (Lipinski definition) is 0. The topological polar surface area (TPSA) is 3.24 Å². The molecule has 1 heteroatoms. The molecule has 0 bridgehead atoms. The van der Waals surface area contributed by atoms with Gasteiger partial charge in [0.05, 0.1) is 0 Å². The summed E-state index contributed by atoms with van der Waals surface area (Å²) in [6.07, 6.45) is 4.95. The van der Waals surface area contributed by atoms with Gasteiger partial charge in [-0.25, -0.2) is 0 Å². The van der Waals surface area contributed by atoms with Gasteiger partial charge in [-0.2, -0.15) is 0 Å². The molecule has 1 aromatic carbocycles. The smallest absolute Gasteiger partial charge is 0.0139 e. The van der Waals surface area contributed by atoms with Gasteiger partial charge in [0.15, 0.2) is 0 Å². The molecule has 0 radical (unpaired) electrons. The summed E-state index contributed by atoms with van der Waals surface area (Å²) >= 11 is 0. The van der Waals surface area contributed by atoms with Gasteiger partial charge in [-0.05, 0) is 63.3 Å². The van der Waals surface area contributed by atoms with Crippen LogP contribution in [0, 0.1) is 0 Å². The highest BCUT2D eigenvalue weighted by Gasteiger charge is 2.23. The molecule has 0 aliphatic heterocycles. The highest BCUT2D eigenvalue weighted by atomic mass is 15.1. The van der Waals surface area contributed by atoms with Crippen LogP contribution in [0.25, 0.3) is 0 Å². The monoisotopic (exact) mass is 231 g/mol. The summed E-state index contributed by atoms with van der Waals surface area (Å²) in [5.41, 5.74) is 4.66. The van der Waals surface area contributed by atoms with Crippen LogP contribution in [-0.4, -0.2) is 24.0 Å². The van der Waals surface area contributed by atoms with Gasteiger partial charge in [0, 0.05) is 12.1 Å². The summed E-state index contributed by atoms with van der Waals surface area (Å²) in [6.45, 7) is 6.81. The lowest BCUT2D eigenvalue weighted by Gasteiger charge is -2.35. The van der Waals surface area contributed by atoms with Gasteiger partial charge >= 0.3 is 0 Å². The molecule has 1 aliphatic carbocycles. The maximum atomic E-state index is 2.52. The number of aryl methyl sites for hydroxylation is 2. The van der Waals surface area contributed by atoms with Crippen molar-refractivity contribution in [3.8, 4) is 0 Å². The Morgan fingerprint density at radius 1 is 1.29 bits per heavy atom. The highest BCUT2D eigenvalue weighted by molar-refractivity contribution is 5.34. The van der Waals surface area contributed by atoms with Crippen molar-refractivity contribution in [2.45, 2.75) is 58.5 Å². The lowest BCUT2D eigenvalue weighted by molar-refractivity contribution is 0.179. The summed E-state index contributed by atoms with van der Waals surface area (Å²) in [7, 11) is 2.26. The van der Waals surface area contributed by atoms with Crippen LogP contribution in [-0.2, 0) is 19.3 Å². The SMILES string of the molecule is CCc1ccc2c(c1)CCC(N(C)C(C)C)C2. The number of rotatable bonds is 3. The predicted molar refractivity (Wildman–Crippen MR) is 74.5 cm³/mol. The van der Waals surface area contributed by atoms with Gasteiger partial charge < -0.3 is 4.90 Å². The van der Waals surface area contributed by atoms with Crippen molar-refractivity contribution in [1.82, 2.24) is 4.90 Å². The maximum absolute atomic E-state index is 2.52. The average Bonchev–Trinajstić information content (AvgIpc) is 2.36. The van der Waals surface area contributed by atoms with Crippen LogP contribution < -0.4 is 0 Å². The fourth-order valence-corrected chi connectivity index (χ4v) is 2.78. The predicted octanol–water partition coefficient (Wildman–Crippen LogP) is 3.45. The molecule has 0 fully saturated rings. The highest BCUT2D eigenvalue weighted by Crippen LogP contribution is 2.26. The van der Waals surface area contributed by atoms with E-state index in [4.69, 9.17) is 0 Å². The minimum absolute atomic E-state index is 0.650. The molecular formula is C16H25N. The minimum atomic E-state index is 0.650. The van der Waals surface area contributed by atoms with Gasteiger partial charge in [0.2, 0.25) is 0 Å². The zero-order valence-corrected chi connectivity index (χ0v) is 11.7. The Hall–Kier alpha value is -0.820. The molecule has 0 heterocycles. The first kappa shape index (κ1) is 12.6. The van der Waals surface area contributed by atoms with E-state index in [1.54, 1.807) is 11.1 Å². The molecule has 0 saturated carbocycles. The minimum Gasteiger partial charge on any atom is -0.301 e. The normalized spacial score (nSPS) is 19.8. The second-order valence-corrected chi connectivity index (χ2v) is 5.61. The first-order valence-electron chi connectivity index (χ1n) is 6.94. The van der Waals surface area contributed by atoms with Crippen LogP contribution in [0.3, 0.4) is 0 Å². The molecule has 94 valence electrons. The molecule has 1 nitrogen and oxygen atoms in total. The first-order valence-corrected chi connectivity index (χ1v) is 6.94. The standard InChI is InChI=1S/C16H25N/c1-5-13-6-7-15-11-16(17(4)12(2)3)9-8-14(15)10-13/h6-7,10,12,16H,5,8-9,11H2,1-4H3. The van der Waals surface area contributed by atoms with E-state index >= 15 is 0 Å². The van der Waals surface area contributed by atoms with E-state index in [0.29, 0.717) is 6.04 Å². The van der Waals surface area contributed by atoms with Gasteiger partial charge in [0.25, 0.3) is 0 Å². The van der Waals surface area contributed by atoms with Gasteiger partial charge in [-0.1, -0.05) is 25.1 Å². The third-order valence-electron chi connectivity index (χ3n) is 4.27. The Morgan fingerprint density at radius 2 is 2.06 bits per heavy atom. The largest absolute Gasteiger partial charge is 0.301 e. The summed E-state index contributed by atoms with van der Waals surface area (Å²) in [6, 6.07) is 8.46. The van der Waals surface area contributed by atoms with Crippen molar-refractivity contribution in [3.05, 3.63) is 34.9 Å². The third kappa shape index (κ3) is 2.71. The number of likely N-dealkylation sites (N-methyl/N-ethyl adjacent to an activating group) is 1. The molecule has 1 atom stereocenters. The first-order chi connectivity index (χ1) is 8.11. The third-order valence-corrected chi connectivity index (χ3v) is 4.27. The molecule has 1 aliphatic rings. The van der Waals surface area contributed by atoms with E-state index in [0.717, 1.165) is 12.5 Å². The van der Waals surface area contributed by atoms with Crippen molar-refractivity contribution in [3.63, 3.8) is 0 Å². The molecule has 0 amide bonds. The summed E-state index contributed by atoms with van der Waals surface area (Å²) < 4.78 is 0. The second kappa shape index (κ2) is 5.22. The van der Waals surface area contributed by atoms with Crippen molar-refractivity contribution in [1.29, 1.82) is 0 Å². The number of nitrogens with zero attached hydrogens (tertiary/aromatic N) is 1. The number of hydrogen-bond acceptors (Lipinski definition) is 1. The maximum Gasteiger partial charge on any atom is 0.0139 e. The number of benzene rings is 1. The van der Waals surface area contributed by atoms with Crippen molar-refractivity contribution in [2.24, 2.45) is 0 Å². The second-order valence-electron chi connectivity index (χ2n) is 5.61. The van der Waals surface area contributed by atoms with Gasteiger partial charge in [-0.3, -0.25) is 0 Å². The lowest BCUT2D eigenvalue weighted by atomic mass is 9.86. The van der Waals surface area contributed by atoms with Crippen LogP contribution in [0.15, 0.2) is 18.2 Å². The average molecular weight is 231 g/mol. The molecule has 0 saturated heterocycles. The Kier molecular flexibility index (Phi) is 3.88. The van der Waals surface area contributed by atoms with E-state index in [1.807, 2.05) is 0 Å². The van der Waals surface area contributed by atoms with Crippen molar-refractivity contribution >= 4 is 0 Å². The summed E-state index contributed by atoms with van der Waals surface area (Å²) in [5, 5.41) is 0. The van der Waals surface area contributed by atoms with E-state index in [2.05, 4.69) is 50.9 Å². The summed E-state index contributed by atoms with van der Waals surface area (Å²) in [4.78, 5) is 2.52. The van der Waals surface area contributed by atoms with E-state index in [9.17, 15) is 0 Å². The molecule has 0 aromatic heterocycles. The van der Waals surface area contributed by atoms with Crippen molar-refractivity contribution in [2.75, 3.05) is 7.05 Å². The Morgan fingerprint density at radius 3 is 2.71 bits per heavy atom. The van der Waals surface area contributed by atoms with E-state index in [-0.39, 0.29) is 0 Å². The molecule has 1 unspecified atom stereocenters. The number of fused-ring (bicyclic) bond motifs is 1. The van der Waals surface area contributed by atoms with E-state index < -0.39 is 0 Å². The quantitative estimate of drug-likeness (QED) is 0.770. The summed E-state index contributed by atoms with van der Waals surface area (Å²) in [5.74, 6) is 0.